The Labute approximate surface area is 91.6 Å². The molecule has 1 saturated carbocycles. The Morgan fingerprint density at radius 1 is 1.57 bits per heavy atom. The lowest BCUT2D eigenvalue weighted by Crippen LogP contribution is -2.51. The van der Waals surface area contributed by atoms with Crippen LogP contribution < -0.4 is 4.74 Å². The van der Waals surface area contributed by atoms with Gasteiger partial charge in [-0.05, 0) is 12.1 Å². The number of nitrogens with zero attached hydrogens (tertiary/aromatic N) is 1. The Morgan fingerprint density at radius 2 is 2.43 bits per heavy atom. The zero-order valence-corrected chi connectivity index (χ0v) is 9.48. The van der Waals surface area contributed by atoms with E-state index in [1.165, 1.54) is 0 Å². The second-order valence-electron chi connectivity index (χ2n) is 3.30. The van der Waals surface area contributed by atoms with Gasteiger partial charge < -0.3 is 9.47 Å². The van der Waals surface area contributed by atoms with E-state index in [1.807, 2.05) is 12.1 Å². The highest BCUT2D eigenvalue weighted by Crippen LogP contribution is 2.33. The van der Waals surface area contributed by atoms with Crippen LogP contribution in [0.25, 0.3) is 0 Å². The van der Waals surface area contributed by atoms with E-state index in [9.17, 15) is 0 Å². The standard InChI is InChI=1S/C10H12BrNO2/c1-13-10-8(11)5-9(10)14-7-3-2-4-12-6-7/h2-4,6,8-10H,5H2,1H3. The van der Waals surface area contributed by atoms with Crippen molar-refractivity contribution >= 4 is 15.9 Å². The van der Waals surface area contributed by atoms with Gasteiger partial charge in [0.05, 0.1) is 6.20 Å². The molecule has 1 aromatic rings. The molecule has 0 spiro atoms. The lowest BCUT2D eigenvalue weighted by molar-refractivity contribution is -0.0546. The van der Waals surface area contributed by atoms with Gasteiger partial charge in [-0.2, -0.15) is 0 Å². The summed E-state index contributed by atoms with van der Waals surface area (Å²) in [5.74, 6) is 0.805. The van der Waals surface area contributed by atoms with Crippen molar-refractivity contribution in [1.29, 1.82) is 0 Å². The lowest BCUT2D eigenvalue weighted by Gasteiger charge is -2.39. The van der Waals surface area contributed by atoms with Crippen LogP contribution in [0.5, 0.6) is 5.75 Å². The van der Waals surface area contributed by atoms with E-state index in [2.05, 4.69) is 20.9 Å². The topological polar surface area (TPSA) is 31.4 Å². The fourth-order valence-electron chi connectivity index (χ4n) is 1.53. The summed E-state index contributed by atoms with van der Waals surface area (Å²) in [5.41, 5.74) is 0. The third-order valence-electron chi connectivity index (χ3n) is 2.37. The van der Waals surface area contributed by atoms with Crippen LogP contribution in [-0.2, 0) is 4.74 Å². The quantitative estimate of drug-likeness (QED) is 0.777. The van der Waals surface area contributed by atoms with E-state index >= 15 is 0 Å². The molecule has 0 aliphatic heterocycles. The summed E-state index contributed by atoms with van der Waals surface area (Å²) in [7, 11) is 1.71. The summed E-state index contributed by atoms with van der Waals surface area (Å²) >= 11 is 3.52. The molecule has 0 bridgehead atoms. The fourth-order valence-corrected chi connectivity index (χ4v) is 2.46. The van der Waals surface area contributed by atoms with Crippen molar-refractivity contribution in [1.82, 2.24) is 4.98 Å². The van der Waals surface area contributed by atoms with E-state index in [0.717, 1.165) is 12.2 Å². The van der Waals surface area contributed by atoms with Gasteiger partial charge in [0.15, 0.2) is 0 Å². The number of rotatable bonds is 3. The zero-order chi connectivity index (χ0) is 9.97. The molecule has 0 amide bonds. The summed E-state index contributed by atoms with van der Waals surface area (Å²) in [4.78, 5) is 4.40. The molecule has 0 radical (unpaired) electrons. The Morgan fingerprint density at radius 3 is 3.00 bits per heavy atom. The molecule has 1 heterocycles. The van der Waals surface area contributed by atoms with Crippen molar-refractivity contribution in [3.8, 4) is 5.75 Å². The second-order valence-corrected chi connectivity index (χ2v) is 4.47. The summed E-state index contributed by atoms with van der Waals surface area (Å²) in [6, 6.07) is 3.77. The molecule has 4 heteroatoms. The van der Waals surface area contributed by atoms with Crippen LogP contribution in [0.3, 0.4) is 0 Å². The molecule has 0 aromatic carbocycles. The van der Waals surface area contributed by atoms with Gasteiger partial charge in [-0.15, -0.1) is 0 Å². The average Bonchev–Trinajstić information content (AvgIpc) is 2.19. The molecule has 3 nitrogen and oxygen atoms in total. The highest BCUT2D eigenvalue weighted by atomic mass is 79.9. The van der Waals surface area contributed by atoms with Crippen LogP contribution in [0.1, 0.15) is 6.42 Å². The van der Waals surface area contributed by atoms with Crippen molar-refractivity contribution < 1.29 is 9.47 Å². The highest BCUT2D eigenvalue weighted by Gasteiger charge is 2.41. The first-order valence-electron chi connectivity index (χ1n) is 4.55. The smallest absolute Gasteiger partial charge is 0.138 e. The summed E-state index contributed by atoms with van der Waals surface area (Å²) in [5, 5.41) is 0. The third-order valence-corrected chi connectivity index (χ3v) is 3.27. The maximum atomic E-state index is 5.71. The van der Waals surface area contributed by atoms with Gasteiger partial charge >= 0.3 is 0 Å². The first-order chi connectivity index (χ1) is 6.81. The van der Waals surface area contributed by atoms with Gasteiger partial charge in [-0.1, -0.05) is 15.9 Å². The highest BCUT2D eigenvalue weighted by molar-refractivity contribution is 9.09. The molecule has 1 aliphatic carbocycles. The molecule has 1 aromatic heterocycles. The Balaban J connectivity index is 1.93. The number of pyridine rings is 1. The van der Waals surface area contributed by atoms with E-state index in [-0.39, 0.29) is 12.2 Å². The van der Waals surface area contributed by atoms with Crippen LogP contribution in [0.15, 0.2) is 24.5 Å². The van der Waals surface area contributed by atoms with Crippen molar-refractivity contribution in [3.63, 3.8) is 0 Å². The van der Waals surface area contributed by atoms with E-state index in [0.29, 0.717) is 4.83 Å². The molecular formula is C10H12BrNO2. The van der Waals surface area contributed by atoms with Crippen LogP contribution >= 0.6 is 15.9 Å². The van der Waals surface area contributed by atoms with Crippen LogP contribution in [0, 0.1) is 0 Å². The number of ether oxygens (including phenoxy) is 2. The van der Waals surface area contributed by atoms with Crippen LogP contribution in [0.2, 0.25) is 0 Å². The van der Waals surface area contributed by atoms with Crippen LogP contribution in [0.4, 0.5) is 0 Å². The molecule has 1 aliphatic rings. The third kappa shape index (κ3) is 1.91. The predicted molar refractivity (Wildman–Crippen MR) is 56.8 cm³/mol. The van der Waals surface area contributed by atoms with Gasteiger partial charge in [-0.3, -0.25) is 4.98 Å². The Kier molecular flexibility index (Phi) is 3.03. The molecule has 2 rings (SSSR count). The first-order valence-corrected chi connectivity index (χ1v) is 5.46. The van der Waals surface area contributed by atoms with Crippen molar-refractivity contribution in [2.24, 2.45) is 0 Å². The number of hydrogen-bond acceptors (Lipinski definition) is 3. The van der Waals surface area contributed by atoms with Crippen molar-refractivity contribution in [3.05, 3.63) is 24.5 Å². The first kappa shape index (κ1) is 9.93. The van der Waals surface area contributed by atoms with Crippen molar-refractivity contribution in [2.45, 2.75) is 23.5 Å². The number of aromatic nitrogens is 1. The minimum atomic E-state index is 0.147. The van der Waals surface area contributed by atoms with Gasteiger partial charge in [0.1, 0.15) is 18.0 Å². The number of halogens is 1. The zero-order valence-electron chi connectivity index (χ0n) is 7.89. The predicted octanol–water partition coefficient (Wildman–Crippen LogP) is 2.01. The normalized spacial score (nSPS) is 30.9. The summed E-state index contributed by atoms with van der Waals surface area (Å²) in [6.45, 7) is 0. The molecule has 1 fully saturated rings. The van der Waals surface area contributed by atoms with Gasteiger partial charge in [0.25, 0.3) is 0 Å². The average molecular weight is 258 g/mol. The SMILES string of the molecule is COC1C(Br)CC1Oc1cccnc1. The molecule has 14 heavy (non-hydrogen) atoms. The lowest BCUT2D eigenvalue weighted by atomic mass is 9.91. The Hall–Kier alpha value is -0.610. The number of hydrogen-bond donors (Lipinski definition) is 0. The van der Waals surface area contributed by atoms with Gasteiger partial charge in [0.2, 0.25) is 0 Å². The van der Waals surface area contributed by atoms with E-state index in [4.69, 9.17) is 9.47 Å². The Bertz CT molecular complexity index is 293. The maximum absolute atomic E-state index is 5.71. The summed E-state index contributed by atoms with van der Waals surface area (Å²) < 4.78 is 11.0. The van der Waals surface area contributed by atoms with Gasteiger partial charge in [-0.25, -0.2) is 0 Å². The molecule has 0 N–H and O–H groups in total. The van der Waals surface area contributed by atoms with E-state index in [1.54, 1.807) is 19.5 Å². The second kappa shape index (κ2) is 4.28. The fraction of sp³-hybridized carbons (Fsp3) is 0.500. The largest absolute Gasteiger partial charge is 0.486 e. The number of methoxy groups -OCH3 is 1. The van der Waals surface area contributed by atoms with Crippen LogP contribution in [-0.4, -0.2) is 29.1 Å². The molecular weight excluding hydrogens is 246 g/mol. The number of alkyl halides is 1. The van der Waals surface area contributed by atoms with E-state index < -0.39 is 0 Å². The molecule has 3 unspecified atom stereocenters. The monoisotopic (exact) mass is 257 g/mol. The van der Waals surface area contributed by atoms with Gasteiger partial charge in [0, 0.05) is 24.6 Å². The molecule has 76 valence electrons. The minimum Gasteiger partial charge on any atom is -0.486 e. The van der Waals surface area contributed by atoms with Crippen molar-refractivity contribution in [2.75, 3.05) is 7.11 Å². The molecule has 0 saturated heterocycles. The minimum absolute atomic E-state index is 0.147. The summed E-state index contributed by atoms with van der Waals surface area (Å²) in [6.07, 6.45) is 4.72. The maximum Gasteiger partial charge on any atom is 0.138 e. The molecule has 3 atom stereocenters.